The van der Waals surface area contributed by atoms with Crippen molar-refractivity contribution in [2.24, 2.45) is 0 Å². The van der Waals surface area contributed by atoms with Crippen LogP contribution in [0.25, 0.3) is 10.9 Å². The highest BCUT2D eigenvalue weighted by Gasteiger charge is 2.17. The van der Waals surface area contributed by atoms with E-state index < -0.39 is 11.8 Å². The standard InChI is InChI=1S/C18H16FN3O4/c1-25-11-4-3-10(14(7-11)26-2)8-20-17-15-13(19)6-5-12(18(23)24)16(15)21-9-22-17/h3-7,9H,8H2,1-2H3,(H,23,24)(H,20,21,22). The average Bonchev–Trinajstić information content (AvgIpc) is 2.66. The summed E-state index contributed by atoms with van der Waals surface area (Å²) >= 11 is 0. The SMILES string of the molecule is COc1ccc(CNc2ncnc3c(C(=O)O)ccc(F)c23)c(OC)c1. The number of rotatable bonds is 6. The lowest BCUT2D eigenvalue weighted by Crippen LogP contribution is -2.07. The molecule has 0 fully saturated rings. The second-order valence-electron chi connectivity index (χ2n) is 5.38. The van der Waals surface area contributed by atoms with Gasteiger partial charge in [-0.25, -0.2) is 19.2 Å². The normalized spacial score (nSPS) is 10.6. The van der Waals surface area contributed by atoms with Crippen molar-refractivity contribution in [3.63, 3.8) is 0 Å². The van der Waals surface area contributed by atoms with E-state index in [0.717, 1.165) is 11.6 Å². The van der Waals surface area contributed by atoms with Crippen LogP contribution in [-0.2, 0) is 6.54 Å². The molecular weight excluding hydrogens is 341 g/mol. The minimum Gasteiger partial charge on any atom is -0.497 e. The molecular formula is C18H16FN3O4. The molecule has 0 saturated heterocycles. The zero-order chi connectivity index (χ0) is 18.7. The number of aromatic carboxylic acids is 1. The topological polar surface area (TPSA) is 93.6 Å². The van der Waals surface area contributed by atoms with Crippen LogP contribution in [0.4, 0.5) is 10.2 Å². The first-order valence-electron chi connectivity index (χ1n) is 7.66. The maximum absolute atomic E-state index is 14.3. The highest BCUT2D eigenvalue weighted by molar-refractivity contribution is 6.04. The smallest absolute Gasteiger partial charge is 0.337 e. The third kappa shape index (κ3) is 3.21. The summed E-state index contributed by atoms with van der Waals surface area (Å²) in [6.45, 7) is 0.288. The lowest BCUT2D eigenvalue weighted by Gasteiger charge is -2.13. The number of carboxylic acid groups (broad SMARTS) is 1. The second kappa shape index (κ2) is 7.22. The molecule has 2 N–H and O–H groups in total. The van der Waals surface area contributed by atoms with Crippen molar-refractivity contribution in [1.29, 1.82) is 0 Å². The molecule has 3 rings (SSSR count). The molecule has 8 heteroatoms. The summed E-state index contributed by atoms with van der Waals surface area (Å²) in [6.07, 6.45) is 1.20. The zero-order valence-corrected chi connectivity index (χ0v) is 14.1. The summed E-state index contributed by atoms with van der Waals surface area (Å²) in [4.78, 5) is 19.3. The lowest BCUT2D eigenvalue weighted by molar-refractivity contribution is 0.0699. The molecule has 0 radical (unpaired) electrons. The number of nitrogens with zero attached hydrogens (tertiary/aromatic N) is 2. The molecule has 0 spiro atoms. The van der Waals surface area contributed by atoms with Gasteiger partial charge in [0.2, 0.25) is 0 Å². The fourth-order valence-electron chi connectivity index (χ4n) is 2.62. The predicted molar refractivity (Wildman–Crippen MR) is 93.3 cm³/mol. The lowest BCUT2D eigenvalue weighted by atomic mass is 10.1. The summed E-state index contributed by atoms with van der Waals surface area (Å²) in [5.41, 5.74) is 0.750. The zero-order valence-electron chi connectivity index (χ0n) is 14.1. The number of anilines is 1. The highest BCUT2D eigenvalue weighted by atomic mass is 19.1. The predicted octanol–water partition coefficient (Wildman–Crippen LogP) is 3.10. The Kier molecular flexibility index (Phi) is 4.83. The Hall–Kier alpha value is -3.42. The Morgan fingerprint density at radius 3 is 2.69 bits per heavy atom. The fourth-order valence-corrected chi connectivity index (χ4v) is 2.62. The van der Waals surface area contributed by atoms with Crippen LogP contribution in [0.2, 0.25) is 0 Å². The van der Waals surface area contributed by atoms with Crippen molar-refractivity contribution in [1.82, 2.24) is 9.97 Å². The number of hydrogen-bond donors (Lipinski definition) is 2. The molecule has 0 atom stereocenters. The van der Waals surface area contributed by atoms with Gasteiger partial charge in [0.05, 0.1) is 30.7 Å². The molecule has 0 amide bonds. The summed E-state index contributed by atoms with van der Waals surface area (Å²) in [5.74, 6) is -0.336. The van der Waals surface area contributed by atoms with Crippen LogP contribution in [-0.4, -0.2) is 35.3 Å². The number of carboxylic acids is 1. The van der Waals surface area contributed by atoms with E-state index in [9.17, 15) is 14.3 Å². The monoisotopic (exact) mass is 357 g/mol. The van der Waals surface area contributed by atoms with Crippen LogP contribution in [0, 0.1) is 5.82 Å². The van der Waals surface area contributed by atoms with E-state index in [4.69, 9.17) is 9.47 Å². The summed E-state index contributed by atoms with van der Waals surface area (Å²) < 4.78 is 24.8. The Morgan fingerprint density at radius 1 is 1.19 bits per heavy atom. The number of ether oxygens (including phenoxy) is 2. The minimum atomic E-state index is -1.18. The molecule has 1 heterocycles. The van der Waals surface area contributed by atoms with Crippen molar-refractivity contribution >= 4 is 22.7 Å². The molecule has 0 aliphatic heterocycles. The Balaban J connectivity index is 1.98. The van der Waals surface area contributed by atoms with Crippen molar-refractivity contribution in [2.75, 3.05) is 19.5 Å². The molecule has 0 aliphatic rings. The molecule has 7 nitrogen and oxygen atoms in total. The molecule has 0 aliphatic carbocycles. The van der Waals surface area contributed by atoms with E-state index in [-0.39, 0.29) is 28.8 Å². The number of benzene rings is 2. The number of carbonyl (C=O) groups is 1. The minimum absolute atomic E-state index is 0.0277. The molecule has 0 unspecified atom stereocenters. The molecule has 2 aromatic carbocycles. The third-order valence-corrected chi connectivity index (χ3v) is 3.91. The van der Waals surface area contributed by atoms with Crippen LogP contribution in [0.3, 0.4) is 0 Å². The molecule has 0 saturated carbocycles. The summed E-state index contributed by atoms with van der Waals surface area (Å²) in [5, 5.41) is 12.3. The van der Waals surface area contributed by atoms with Crippen LogP contribution >= 0.6 is 0 Å². The molecule has 3 aromatic rings. The highest BCUT2D eigenvalue weighted by Crippen LogP contribution is 2.28. The van der Waals surface area contributed by atoms with Crippen LogP contribution in [0.15, 0.2) is 36.7 Å². The first kappa shape index (κ1) is 17.4. The Bertz CT molecular complexity index is 978. The van der Waals surface area contributed by atoms with E-state index in [0.29, 0.717) is 11.5 Å². The largest absolute Gasteiger partial charge is 0.497 e. The van der Waals surface area contributed by atoms with Gasteiger partial charge in [0.15, 0.2) is 0 Å². The van der Waals surface area contributed by atoms with Crippen molar-refractivity contribution in [2.45, 2.75) is 6.54 Å². The van der Waals surface area contributed by atoms with Gasteiger partial charge in [-0.2, -0.15) is 0 Å². The van der Waals surface area contributed by atoms with Crippen molar-refractivity contribution in [3.05, 3.63) is 53.6 Å². The Morgan fingerprint density at radius 2 is 2.00 bits per heavy atom. The van der Waals surface area contributed by atoms with Gasteiger partial charge < -0.3 is 19.9 Å². The summed E-state index contributed by atoms with van der Waals surface area (Å²) in [7, 11) is 3.10. The molecule has 0 bridgehead atoms. The Labute approximate surface area is 148 Å². The number of hydrogen-bond acceptors (Lipinski definition) is 6. The van der Waals surface area contributed by atoms with Crippen molar-refractivity contribution in [3.8, 4) is 11.5 Å². The van der Waals surface area contributed by atoms with Gasteiger partial charge >= 0.3 is 5.97 Å². The number of nitrogens with one attached hydrogen (secondary N) is 1. The van der Waals surface area contributed by atoms with E-state index in [1.807, 2.05) is 6.07 Å². The maximum atomic E-state index is 14.3. The van der Waals surface area contributed by atoms with Gasteiger partial charge in [0.25, 0.3) is 0 Å². The molecule has 134 valence electrons. The third-order valence-electron chi connectivity index (χ3n) is 3.91. The van der Waals surface area contributed by atoms with Gasteiger partial charge in [-0.15, -0.1) is 0 Å². The molecule has 26 heavy (non-hydrogen) atoms. The molecule has 1 aromatic heterocycles. The fraction of sp³-hybridized carbons (Fsp3) is 0.167. The summed E-state index contributed by atoms with van der Waals surface area (Å²) in [6, 6.07) is 7.60. The first-order valence-corrected chi connectivity index (χ1v) is 7.66. The van der Waals surface area contributed by atoms with E-state index in [2.05, 4.69) is 15.3 Å². The first-order chi connectivity index (χ1) is 12.5. The van der Waals surface area contributed by atoms with Crippen molar-refractivity contribution < 1.29 is 23.8 Å². The van der Waals surface area contributed by atoms with E-state index >= 15 is 0 Å². The van der Waals surface area contributed by atoms with E-state index in [1.54, 1.807) is 19.2 Å². The van der Waals surface area contributed by atoms with Gasteiger partial charge in [-0.05, 0) is 24.3 Å². The number of methoxy groups -OCH3 is 2. The van der Waals surface area contributed by atoms with E-state index in [1.165, 1.54) is 19.5 Å². The number of aromatic nitrogens is 2. The maximum Gasteiger partial charge on any atom is 0.337 e. The van der Waals surface area contributed by atoms with Gasteiger partial charge in [-0.3, -0.25) is 0 Å². The van der Waals surface area contributed by atoms with Crippen LogP contribution in [0.1, 0.15) is 15.9 Å². The van der Waals surface area contributed by atoms with Crippen LogP contribution < -0.4 is 14.8 Å². The van der Waals surface area contributed by atoms with Gasteiger partial charge in [-0.1, -0.05) is 0 Å². The number of halogens is 1. The van der Waals surface area contributed by atoms with Crippen LogP contribution in [0.5, 0.6) is 11.5 Å². The van der Waals surface area contributed by atoms with Gasteiger partial charge in [0.1, 0.15) is 29.5 Å². The number of fused-ring (bicyclic) bond motifs is 1. The average molecular weight is 357 g/mol. The quantitative estimate of drug-likeness (QED) is 0.700. The second-order valence-corrected chi connectivity index (χ2v) is 5.38. The van der Waals surface area contributed by atoms with Gasteiger partial charge in [0, 0.05) is 18.2 Å².